The number of rotatable bonds is 3. The summed E-state index contributed by atoms with van der Waals surface area (Å²) in [5.41, 5.74) is 0. The van der Waals surface area contributed by atoms with Gasteiger partial charge in [-0.3, -0.25) is 0 Å². The Morgan fingerprint density at radius 2 is 1.14 bits per heavy atom. The van der Waals surface area contributed by atoms with Crippen molar-refractivity contribution in [2.45, 2.75) is 24.8 Å². The van der Waals surface area contributed by atoms with Crippen molar-refractivity contribution in [3.05, 3.63) is 0 Å². The van der Waals surface area contributed by atoms with Crippen molar-refractivity contribution in [3.63, 3.8) is 0 Å². The fourth-order valence-corrected chi connectivity index (χ4v) is 0.273. The zero-order valence-corrected chi connectivity index (χ0v) is 5.89. The van der Waals surface area contributed by atoms with Crippen LogP contribution in [-0.2, 0) is 4.74 Å². The van der Waals surface area contributed by atoms with Crippen LogP contribution in [0.15, 0.2) is 0 Å². The molecule has 0 aromatic heterocycles. The molecule has 0 N–H and O–H groups in total. The Morgan fingerprint density at radius 3 is 1.36 bits per heavy atom. The fourth-order valence-electron chi connectivity index (χ4n) is 0.273. The Bertz CT molecular complexity index is 193. The average molecular weight is 236 g/mol. The van der Waals surface area contributed by atoms with Crippen molar-refractivity contribution in [3.8, 4) is 0 Å². The van der Waals surface area contributed by atoms with Crippen LogP contribution in [0.4, 0.5) is 39.5 Å². The molecule has 0 amide bonds. The van der Waals surface area contributed by atoms with Crippen molar-refractivity contribution < 1.29 is 44.3 Å². The molecule has 14 heavy (non-hydrogen) atoms. The van der Waals surface area contributed by atoms with Gasteiger partial charge in [-0.15, -0.1) is 0 Å². The van der Waals surface area contributed by atoms with Gasteiger partial charge < -0.3 is 0 Å². The van der Waals surface area contributed by atoms with Gasteiger partial charge in [0, 0.05) is 0 Å². The van der Waals surface area contributed by atoms with Gasteiger partial charge in [0.15, 0.2) is 0 Å². The Kier molecular flexibility index (Phi) is 3.31. The SMILES string of the molecule is FC(F)C(F)(F)OC(F)(F)C(F)(F)F. The summed E-state index contributed by atoms with van der Waals surface area (Å²) < 4.78 is 104. The third kappa shape index (κ3) is 2.93. The number of hydrogen-bond acceptors (Lipinski definition) is 1. The first-order valence-electron chi connectivity index (χ1n) is 2.71. The standard InChI is InChI=1S/C4HF9O/c5-1(6)2(7,8)14-4(12,13)3(9,10)11/h1H. The number of hydrogen-bond donors (Lipinski definition) is 0. The summed E-state index contributed by atoms with van der Waals surface area (Å²) in [5.74, 6) is 0. The maximum atomic E-state index is 11.6. The molecule has 0 radical (unpaired) electrons. The molecule has 86 valence electrons. The quantitative estimate of drug-likeness (QED) is 0.684. The largest absolute Gasteiger partial charge is 0.483 e. The summed E-state index contributed by atoms with van der Waals surface area (Å²) in [7, 11) is 0. The van der Waals surface area contributed by atoms with E-state index in [1.54, 1.807) is 4.74 Å². The molecule has 0 aliphatic heterocycles. The highest BCUT2D eigenvalue weighted by atomic mass is 19.4. The van der Waals surface area contributed by atoms with E-state index in [0.717, 1.165) is 0 Å². The minimum atomic E-state index is -6.48. The van der Waals surface area contributed by atoms with Crippen LogP contribution in [0.2, 0.25) is 0 Å². The summed E-state index contributed by atoms with van der Waals surface area (Å²) in [6.45, 7) is 0. The van der Waals surface area contributed by atoms with Gasteiger partial charge in [0.05, 0.1) is 0 Å². The lowest BCUT2D eigenvalue weighted by molar-refractivity contribution is -0.471. The summed E-state index contributed by atoms with van der Waals surface area (Å²) >= 11 is 0. The molecular formula is C4HF9O. The number of ether oxygens (including phenoxy) is 1. The lowest BCUT2D eigenvalue weighted by Crippen LogP contribution is -2.47. The van der Waals surface area contributed by atoms with E-state index in [1.165, 1.54) is 0 Å². The molecule has 0 bridgehead atoms. The lowest BCUT2D eigenvalue weighted by Gasteiger charge is -2.24. The monoisotopic (exact) mass is 236 g/mol. The second-order valence-corrected chi connectivity index (χ2v) is 1.98. The topological polar surface area (TPSA) is 9.23 Å². The summed E-state index contributed by atoms with van der Waals surface area (Å²) in [4.78, 5) is 0. The third-order valence-electron chi connectivity index (χ3n) is 0.848. The van der Waals surface area contributed by atoms with Crippen LogP contribution in [0.25, 0.3) is 0 Å². The average Bonchev–Trinajstić information content (AvgIpc) is 1.80. The summed E-state index contributed by atoms with van der Waals surface area (Å²) in [6, 6.07) is 0. The van der Waals surface area contributed by atoms with E-state index in [4.69, 9.17) is 0 Å². The summed E-state index contributed by atoms with van der Waals surface area (Å²) in [5, 5.41) is 0. The van der Waals surface area contributed by atoms with Gasteiger partial charge >= 0.3 is 24.8 Å². The Morgan fingerprint density at radius 1 is 0.786 bits per heavy atom. The van der Waals surface area contributed by atoms with Gasteiger partial charge in [0.25, 0.3) is 0 Å². The predicted octanol–water partition coefficient (Wildman–Crippen LogP) is 3.02. The first kappa shape index (κ1) is 13.3. The first-order valence-corrected chi connectivity index (χ1v) is 2.71. The van der Waals surface area contributed by atoms with Crippen molar-refractivity contribution in [2.75, 3.05) is 0 Å². The minimum Gasteiger partial charge on any atom is -0.243 e. The molecule has 0 unspecified atom stereocenters. The molecule has 0 saturated carbocycles. The number of alkyl halides is 9. The van der Waals surface area contributed by atoms with Gasteiger partial charge in [-0.1, -0.05) is 0 Å². The van der Waals surface area contributed by atoms with Gasteiger partial charge in [0.2, 0.25) is 0 Å². The molecule has 1 nitrogen and oxygen atoms in total. The smallest absolute Gasteiger partial charge is 0.243 e. The van der Waals surface area contributed by atoms with Gasteiger partial charge in [-0.05, 0) is 0 Å². The number of halogens is 9. The Hall–Kier alpha value is -0.670. The van der Waals surface area contributed by atoms with E-state index in [-0.39, 0.29) is 0 Å². The van der Waals surface area contributed by atoms with Crippen molar-refractivity contribution in [1.82, 2.24) is 0 Å². The molecule has 0 aliphatic rings. The van der Waals surface area contributed by atoms with Crippen molar-refractivity contribution in [1.29, 1.82) is 0 Å². The van der Waals surface area contributed by atoms with E-state index in [2.05, 4.69) is 0 Å². The van der Waals surface area contributed by atoms with Crippen LogP contribution in [0.3, 0.4) is 0 Å². The zero-order valence-electron chi connectivity index (χ0n) is 5.89. The highest BCUT2D eigenvalue weighted by Gasteiger charge is 2.65. The van der Waals surface area contributed by atoms with E-state index in [9.17, 15) is 39.5 Å². The third-order valence-corrected chi connectivity index (χ3v) is 0.848. The van der Waals surface area contributed by atoms with Crippen LogP contribution in [-0.4, -0.2) is 24.8 Å². The van der Waals surface area contributed by atoms with Crippen LogP contribution in [0.5, 0.6) is 0 Å². The first-order chi connectivity index (χ1) is 5.90. The van der Waals surface area contributed by atoms with E-state index in [0.29, 0.717) is 0 Å². The molecule has 0 rings (SSSR count). The maximum absolute atomic E-state index is 11.6. The second-order valence-electron chi connectivity index (χ2n) is 1.98. The maximum Gasteiger partial charge on any atom is 0.483 e. The predicted molar refractivity (Wildman–Crippen MR) is 23.0 cm³/mol. The van der Waals surface area contributed by atoms with Gasteiger partial charge in [0.1, 0.15) is 0 Å². The molecule has 0 aromatic carbocycles. The lowest BCUT2D eigenvalue weighted by atomic mass is 10.5. The molecule has 0 atom stereocenters. The van der Waals surface area contributed by atoms with Crippen LogP contribution in [0, 0.1) is 0 Å². The van der Waals surface area contributed by atoms with Crippen LogP contribution >= 0.6 is 0 Å². The molecule has 0 spiro atoms. The molecule has 10 heteroatoms. The molecule has 0 fully saturated rings. The van der Waals surface area contributed by atoms with Gasteiger partial charge in [-0.25, -0.2) is 13.5 Å². The van der Waals surface area contributed by atoms with Crippen molar-refractivity contribution >= 4 is 0 Å². The minimum absolute atomic E-state index is 1.71. The second kappa shape index (κ2) is 3.48. The van der Waals surface area contributed by atoms with E-state index in [1.807, 2.05) is 0 Å². The van der Waals surface area contributed by atoms with E-state index < -0.39 is 24.8 Å². The molecule has 0 saturated heterocycles. The molecular weight excluding hydrogens is 235 g/mol. The normalized spacial score (nSPS) is 15.0. The molecule has 0 aromatic rings. The molecule has 0 aliphatic carbocycles. The zero-order chi connectivity index (χ0) is 11.8. The van der Waals surface area contributed by atoms with E-state index >= 15 is 0 Å². The molecule has 0 heterocycles. The van der Waals surface area contributed by atoms with Crippen molar-refractivity contribution in [2.24, 2.45) is 0 Å². The Labute approximate surface area is 70.4 Å². The summed E-state index contributed by atoms with van der Waals surface area (Å²) in [6.07, 6.45) is -23.5. The fraction of sp³-hybridized carbons (Fsp3) is 1.00. The van der Waals surface area contributed by atoms with Crippen LogP contribution < -0.4 is 0 Å². The Balaban J connectivity index is 4.67. The van der Waals surface area contributed by atoms with Crippen LogP contribution in [0.1, 0.15) is 0 Å². The van der Waals surface area contributed by atoms with Gasteiger partial charge in [-0.2, -0.15) is 30.7 Å². The highest BCUT2D eigenvalue weighted by molar-refractivity contribution is 4.68. The highest BCUT2D eigenvalue weighted by Crippen LogP contribution is 2.41.